The van der Waals surface area contributed by atoms with Crippen LogP contribution in [0, 0.1) is 0 Å². The highest BCUT2D eigenvalue weighted by atomic mass is 16.3. The first-order valence-corrected chi connectivity index (χ1v) is 16.6. The Hall–Kier alpha value is -4.63. The summed E-state index contributed by atoms with van der Waals surface area (Å²) in [5.74, 6) is -0.277. The molecule has 9 heteroatoms. The van der Waals surface area contributed by atoms with Crippen molar-refractivity contribution in [3.8, 4) is 5.75 Å². The van der Waals surface area contributed by atoms with E-state index in [0.717, 1.165) is 16.7 Å². The Morgan fingerprint density at radius 3 is 2.10 bits per heavy atom. The summed E-state index contributed by atoms with van der Waals surface area (Å²) in [6, 6.07) is 21.7. The Morgan fingerprint density at radius 2 is 1.52 bits per heavy atom. The van der Waals surface area contributed by atoms with Crippen molar-refractivity contribution in [2.75, 3.05) is 19.6 Å². The summed E-state index contributed by atoms with van der Waals surface area (Å²) in [4.78, 5) is 45.8. The van der Waals surface area contributed by atoms with Gasteiger partial charge in [-0.3, -0.25) is 9.59 Å². The Bertz CT molecular complexity index is 1610. The number of hydrogen-bond donors (Lipinski definition) is 2. The highest BCUT2D eigenvalue weighted by Crippen LogP contribution is 2.33. The fourth-order valence-electron chi connectivity index (χ4n) is 6.42. The van der Waals surface area contributed by atoms with Gasteiger partial charge in [0.05, 0.1) is 13.1 Å². The van der Waals surface area contributed by atoms with Gasteiger partial charge in [-0.25, -0.2) is 14.8 Å². The summed E-state index contributed by atoms with van der Waals surface area (Å²) in [7, 11) is 0. The summed E-state index contributed by atoms with van der Waals surface area (Å²) in [6.07, 6.45) is 1.18. The van der Waals surface area contributed by atoms with E-state index >= 15 is 0 Å². The molecule has 2 saturated heterocycles. The normalized spacial score (nSPS) is 18.9. The number of carbonyl (C=O) groups excluding carboxylic acids is 3. The molecule has 48 heavy (non-hydrogen) atoms. The van der Waals surface area contributed by atoms with Crippen LogP contribution in [-0.4, -0.2) is 74.6 Å². The lowest BCUT2D eigenvalue weighted by Gasteiger charge is -2.55. The van der Waals surface area contributed by atoms with Crippen LogP contribution in [0.2, 0.25) is 0 Å². The van der Waals surface area contributed by atoms with Crippen molar-refractivity contribution in [2.24, 2.45) is 0 Å². The zero-order chi connectivity index (χ0) is 34.8. The number of nitrogens with one attached hydrogen (secondary N) is 1. The van der Waals surface area contributed by atoms with E-state index in [1.54, 1.807) is 50.2 Å². The minimum absolute atomic E-state index is 0.0663. The number of carbonyl (C=O) groups is 3. The third-order valence-electron chi connectivity index (χ3n) is 9.13. The van der Waals surface area contributed by atoms with E-state index in [1.807, 2.05) is 30.3 Å². The average molecular weight is 652 g/mol. The van der Waals surface area contributed by atoms with Gasteiger partial charge in [-0.15, -0.1) is 6.58 Å². The minimum Gasteiger partial charge on any atom is -0.508 e. The maximum Gasteiger partial charge on any atom is 0.334 e. The van der Waals surface area contributed by atoms with E-state index < -0.39 is 12.2 Å². The van der Waals surface area contributed by atoms with Crippen molar-refractivity contribution in [3.05, 3.63) is 113 Å². The smallest absolute Gasteiger partial charge is 0.334 e. The molecule has 2 aliphatic rings. The van der Waals surface area contributed by atoms with Crippen LogP contribution >= 0.6 is 0 Å². The highest BCUT2D eigenvalue weighted by molar-refractivity contribution is 5.91. The predicted octanol–water partition coefficient (Wildman–Crippen LogP) is 5.72. The van der Waals surface area contributed by atoms with E-state index in [1.165, 1.54) is 11.1 Å². The Kier molecular flexibility index (Phi) is 10.0. The monoisotopic (exact) mass is 651 g/mol. The van der Waals surface area contributed by atoms with Crippen LogP contribution in [0.3, 0.4) is 0 Å². The number of nitrogens with zero attached hydrogens (tertiary/aromatic N) is 4. The standard InChI is InChI=1S/C39H49N5O4/c1-8-18-42-26-35(46)43-33(21-27-14-16-32(45)17-15-27)36(47)41(24-29-19-30(38(2,3)4)22-31(20-29)39(5,6)7)25-34(43)44(42)37(48)40-23-28-12-10-9-11-13-28/h8-17,19-20,22,33-34,45H,1,18,21,23-26H2,2-7H3,(H,40,48)/t33-,34-/m0/s1. The van der Waals surface area contributed by atoms with Crippen molar-refractivity contribution in [1.82, 2.24) is 25.1 Å². The van der Waals surface area contributed by atoms with Gasteiger partial charge >= 0.3 is 6.03 Å². The number of piperazine rings is 1. The zero-order valence-corrected chi connectivity index (χ0v) is 29.1. The topological polar surface area (TPSA) is 96.4 Å². The van der Waals surface area contributed by atoms with Gasteiger partial charge in [0.25, 0.3) is 0 Å². The van der Waals surface area contributed by atoms with Gasteiger partial charge in [-0.1, -0.05) is 108 Å². The van der Waals surface area contributed by atoms with Crippen LogP contribution in [0.4, 0.5) is 4.79 Å². The number of aromatic hydroxyl groups is 1. The fourth-order valence-corrected chi connectivity index (χ4v) is 6.42. The van der Waals surface area contributed by atoms with Crippen LogP contribution in [0.5, 0.6) is 5.75 Å². The first-order chi connectivity index (χ1) is 22.7. The molecule has 4 amide bonds. The molecule has 0 unspecified atom stereocenters. The number of benzene rings is 3. The molecule has 0 saturated carbocycles. The van der Waals surface area contributed by atoms with Crippen molar-refractivity contribution < 1.29 is 19.5 Å². The second kappa shape index (κ2) is 13.8. The molecule has 2 N–H and O–H groups in total. The second-order valence-electron chi connectivity index (χ2n) is 14.9. The molecule has 2 aliphatic heterocycles. The van der Waals surface area contributed by atoms with E-state index in [-0.39, 0.29) is 60.5 Å². The number of phenols is 1. The molecule has 2 atom stereocenters. The van der Waals surface area contributed by atoms with Gasteiger partial charge in [0.2, 0.25) is 11.8 Å². The zero-order valence-electron chi connectivity index (χ0n) is 29.1. The lowest BCUT2D eigenvalue weighted by atomic mass is 9.79. The molecule has 0 radical (unpaired) electrons. The third-order valence-corrected chi connectivity index (χ3v) is 9.13. The molecule has 254 valence electrons. The largest absolute Gasteiger partial charge is 0.508 e. The number of phenolic OH excluding ortho intramolecular Hbond substituents is 1. The molecule has 5 rings (SSSR count). The summed E-state index contributed by atoms with van der Waals surface area (Å²) in [5, 5.41) is 16.3. The van der Waals surface area contributed by atoms with Gasteiger partial charge in [0.1, 0.15) is 18.0 Å². The van der Waals surface area contributed by atoms with Crippen LogP contribution in [0.25, 0.3) is 0 Å². The van der Waals surface area contributed by atoms with Crippen molar-refractivity contribution in [3.63, 3.8) is 0 Å². The van der Waals surface area contributed by atoms with Gasteiger partial charge in [0.15, 0.2) is 0 Å². The van der Waals surface area contributed by atoms with Crippen molar-refractivity contribution in [2.45, 2.75) is 84.1 Å². The Morgan fingerprint density at radius 1 is 0.896 bits per heavy atom. The van der Waals surface area contributed by atoms with Gasteiger partial charge in [-0.05, 0) is 50.8 Å². The number of hydrogen-bond acceptors (Lipinski definition) is 5. The van der Waals surface area contributed by atoms with Crippen molar-refractivity contribution in [1.29, 1.82) is 0 Å². The molecular weight excluding hydrogens is 602 g/mol. The molecule has 0 aliphatic carbocycles. The van der Waals surface area contributed by atoms with Gasteiger partial charge < -0.3 is 20.2 Å². The quantitative estimate of drug-likeness (QED) is 0.304. The predicted molar refractivity (Wildman–Crippen MR) is 188 cm³/mol. The molecular formula is C39H49N5O4. The van der Waals surface area contributed by atoms with Gasteiger partial charge in [0, 0.05) is 26.1 Å². The number of fused-ring (bicyclic) bond motifs is 1. The maximum atomic E-state index is 14.5. The average Bonchev–Trinajstić information content (AvgIpc) is 3.02. The minimum atomic E-state index is -0.844. The molecule has 2 fully saturated rings. The highest BCUT2D eigenvalue weighted by Gasteiger charge is 2.51. The fraction of sp³-hybridized carbons (Fsp3) is 0.410. The lowest BCUT2D eigenvalue weighted by Crippen LogP contribution is -2.76. The lowest BCUT2D eigenvalue weighted by molar-refractivity contribution is -0.189. The molecule has 0 spiro atoms. The van der Waals surface area contributed by atoms with E-state index in [4.69, 9.17) is 0 Å². The number of rotatable bonds is 8. The number of amides is 4. The Labute approximate surface area is 284 Å². The number of urea groups is 1. The molecule has 0 bridgehead atoms. The van der Waals surface area contributed by atoms with E-state index in [9.17, 15) is 19.5 Å². The molecule has 0 aromatic heterocycles. The van der Waals surface area contributed by atoms with Crippen LogP contribution in [0.15, 0.2) is 85.5 Å². The summed E-state index contributed by atoms with van der Waals surface area (Å²) in [6.45, 7) is 18.0. The molecule has 3 aromatic rings. The van der Waals surface area contributed by atoms with Crippen molar-refractivity contribution >= 4 is 17.8 Å². The van der Waals surface area contributed by atoms with Crippen LogP contribution in [0.1, 0.15) is 69.4 Å². The molecule has 9 nitrogen and oxygen atoms in total. The second-order valence-corrected chi connectivity index (χ2v) is 14.9. The summed E-state index contributed by atoms with van der Waals surface area (Å²) >= 11 is 0. The van der Waals surface area contributed by atoms with Gasteiger partial charge in [-0.2, -0.15) is 0 Å². The maximum absolute atomic E-state index is 14.5. The van der Waals surface area contributed by atoms with E-state index in [0.29, 0.717) is 13.1 Å². The van der Waals surface area contributed by atoms with E-state index in [2.05, 4.69) is 71.6 Å². The summed E-state index contributed by atoms with van der Waals surface area (Å²) < 4.78 is 0. The first kappa shape index (κ1) is 34.7. The third kappa shape index (κ3) is 7.73. The SMILES string of the molecule is C=CCN1CC(=O)N2[C@@H](Cc3ccc(O)cc3)C(=O)N(Cc3cc(C(C)(C)C)cc(C(C)(C)C)c3)C[C@@H]2N1C(=O)NCc1ccccc1. The Balaban J connectivity index is 1.55. The number of hydrazine groups is 1. The molecule has 2 heterocycles. The first-order valence-electron chi connectivity index (χ1n) is 16.6. The molecule has 3 aromatic carbocycles. The van der Waals surface area contributed by atoms with Crippen LogP contribution < -0.4 is 5.32 Å². The van der Waals surface area contributed by atoms with Crippen LogP contribution in [-0.2, 0) is 39.9 Å². The summed E-state index contributed by atoms with van der Waals surface area (Å²) in [5.41, 5.74) is 4.92.